The Morgan fingerprint density at radius 2 is 2.26 bits per heavy atom. The van der Waals surface area contributed by atoms with E-state index in [4.69, 9.17) is 0 Å². The van der Waals surface area contributed by atoms with E-state index in [1.807, 2.05) is 24.3 Å². The number of nitrogens with zero attached hydrogens (tertiary/aromatic N) is 2. The van der Waals surface area contributed by atoms with Crippen molar-refractivity contribution in [3.05, 3.63) is 41.6 Å². The summed E-state index contributed by atoms with van der Waals surface area (Å²) >= 11 is 1.10. The Bertz CT molecular complexity index is 587. The fourth-order valence-corrected chi connectivity index (χ4v) is 2.67. The van der Waals surface area contributed by atoms with Crippen molar-refractivity contribution in [3.63, 3.8) is 0 Å². The van der Waals surface area contributed by atoms with E-state index >= 15 is 0 Å². The Kier molecular flexibility index (Phi) is 3.14. The zero-order chi connectivity index (χ0) is 13.2. The Morgan fingerprint density at radius 3 is 3.05 bits per heavy atom. The van der Waals surface area contributed by atoms with Crippen LogP contribution in [0.25, 0.3) is 0 Å². The van der Waals surface area contributed by atoms with Crippen molar-refractivity contribution < 1.29 is 9.90 Å². The number of hydrogen-bond acceptors (Lipinski definition) is 5. The third-order valence-corrected chi connectivity index (χ3v) is 3.67. The maximum absolute atomic E-state index is 11.8. The van der Waals surface area contributed by atoms with E-state index in [1.54, 1.807) is 0 Å². The fraction of sp³-hybridized carbons (Fsp3) is 0.250. The number of anilines is 1. The van der Waals surface area contributed by atoms with Crippen molar-refractivity contribution >= 4 is 22.6 Å². The van der Waals surface area contributed by atoms with E-state index < -0.39 is 6.10 Å². The van der Waals surface area contributed by atoms with Crippen molar-refractivity contribution in [2.24, 2.45) is 0 Å². The van der Waals surface area contributed by atoms with Crippen LogP contribution in [0.3, 0.4) is 0 Å². The lowest BCUT2D eigenvalue weighted by Gasteiger charge is -2.17. The second-order valence-corrected chi connectivity index (χ2v) is 5.11. The summed E-state index contributed by atoms with van der Waals surface area (Å²) in [7, 11) is 0. The average Bonchev–Trinajstić information content (AvgIpc) is 2.99. The number of urea groups is 1. The van der Waals surface area contributed by atoms with Gasteiger partial charge in [-0.05, 0) is 11.1 Å². The molecule has 19 heavy (non-hydrogen) atoms. The van der Waals surface area contributed by atoms with Crippen LogP contribution in [0.1, 0.15) is 17.2 Å². The molecule has 2 aromatic rings. The van der Waals surface area contributed by atoms with Crippen LogP contribution >= 0.6 is 11.5 Å². The van der Waals surface area contributed by atoms with Crippen LogP contribution in [0.4, 0.5) is 9.80 Å². The standard InChI is InChI=1S/C12H12N4O2S/c17-9-5-7-3-1-2-4-8(7)11(9)15-12(18)14-10-6-13-16-19-10/h1-4,6,9,11,17H,5H2,(H2,14,15,18)/t9-,11-/m0/s1. The third-order valence-electron chi connectivity index (χ3n) is 3.09. The summed E-state index contributed by atoms with van der Waals surface area (Å²) in [6.07, 6.45) is 1.44. The van der Waals surface area contributed by atoms with Crippen LogP contribution in [-0.2, 0) is 6.42 Å². The molecule has 1 aromatic heterocycles. The summed E-state index contributed by atoms with van der Waals surface area (Å²) in [4.78, 5) is 11.8. The number of nitrogens with one attached hydrogen (secondary N) is 2. The van der Waals surface area contributed by atoms with Crippen molar-refractivity contribution in [1.29, 1.82) is 0 Å². The van der Waals surface area contributed by atoms with Crippen molar-refractivity contribution in [2.45, 2.75) is 18.6 Å². The molecule has 98 valence electrons. The van der Waals surface area contributed by atoms with Gasteiger partial charge in [-0.3, -0.25) is 5.32 Å². The molecule has 1 aliphatic carbocycles. The number of aliphatic hydroxyl groups is 1. The molecule has 0 saturated heterocycles. The number of aromatic nitrogens is 2. The fourth-order valence-electron chi connectivity index (χ4n) is 2.26. The molecule has 0 radical (unpaired) electrons. The minimum atomic E-state index is -0.595. The first-order valence-corrected chi connectivity index (χ1v) is 6.62. The normalized spacial score (nSPS) is 20.9. The Labute approximate surface area is 113 Å². The minimum absolute atomic E-state index is 0.369. The molecule has 2 atom stereocenters. The first kappa shape index (κ1) is 12.1. The van der Waals surface area contributed by atoms with Crippen LogP contribution in [-0.4, -0.2) is 26.8 Å². The lowest BCUT2D eigenvalue weighted by molar-refractivity contribution is 0.144. The van der Waals surface area contributed by atoms with Gasteiger partial charge in [0.15, 0.2) is 0 Å². The molecule has 6 nitrogen and oxygen atoms in total. The molecular formula is C12H12N4O2S. The number of carbonyl (C=O) groups excluding carboxylic acids is 1. The van der Waals surface area contributed by atoms with E-state index in [1.165, 1.54) is 6.20 Å². The highest BCUT2D eigenvalue weighted by atomic mass is 32.1. The number of hydrogen-bond donors (Lipinski definition) is 3. The Hall–Kier alpha value is -1.99. The van der Waals surface area contributed by atoms with Crippen LogP contribution in [0.15, 0.2) is 30.5 Å². The van der Waals surface area contributed by atoms with E-state index in [9.17, 15) is 9.90 Å². The summed E-state index contributed by atoms with van der Waals surface area (Å²) in [6.45, 7) is 0. The quantitative estimate of drug-likeness (QED) is 0.772. The van der Waals surface area contributed by atoms with Crippen LogP contribution in [0.5, 0.6) is 0 Å². The van der Waals surface area contributed by atoms with Gasteiger partial charge in [-0.15, -0.1) is 5.10 Å². The number of rotatable bonds is 2. The highest BCUT2D eigenvalue weighted by molar-refractivity contribution is 7.10. The molecule has 0 bridgehead atoms. The predicted octanol–water partition coefficient (Wildman–Crippen LogP) is 1.32. The molecule has 2 amide bonds. The molecule has 1 aliphatic rings. The van der Waals surface area contributed by atoms with Gasteiger partial charge in [0.2, 0.25) is 0 Å². The first-order chi connectivity index (χ1) is 9.24. The van der Waals surface area contributed by atoms with Gasteiger partial charge in [-0.25, -0.2) is 4.79 Å². The monoisotopic (exact) mass is 276 g/mol. The number of fused-ring (bicyclic) bond motifs is 1. The van der Waals surface area contributed by atoms with Gasteiger partial charge in [0.25, 0.3) is 0 Å². The third kappa shape index (κ3) is 2.42. The number of benzene rings is 1. The smallest absolute Gasteiger partial charge is 0.320 e. The molecule has 0 saturated carbocycles. The van der Waals surface area contributed by atoms with Crippen LogP contribution in [0, 0.1) is 0 Å². The highest BCUT2D eigenvalue weighted by Crippen LogP contribution is 2.31. The summed E-state index contributed by atoms with van der Waals surface area (Å²) in [5.74, 6) is 0. The summed E-state index contributed by atoms with van der Waals surface area (Å²) in [5, 5.41) is 19.6. The van der Waals surface area contributed by atoms with Gasteiger partial charge in [0, 0.05) is 18.0 Å². The van der Waals surface area contributed by atoms with Crippen LogP contribution in [0.2, 0.25) is 0 Å². The second-order valence-electron chi connectivity index (χ2n) is 4.33. The van der Waals surface area contributed by atoms with Crippen molar-refractivity contribution in [1.82, 2.24) is 14.9 Å². The molecule has 1 aromatic carbocycles. The molecule has 1 heterocycles. The van der Waals surface area contributed by atoms with Crippen LogP contribution < -0.4 is 10.6 Å². The maximum atomic E-state index is 11.8. The molecule has 3 rings (SSSR count). The molecule has 0 unspecified atom stereocenters. The van der Waals surface area contributed by atoms with E-state index in [0.29, 0.717) is 11.4 Å². The molecule has 0 spiro atoms. The Balaban J connectivity index is 1.71. The SMILES string of the molecule is O=C(Nc1cnns1)N[C@H]1c2ccccc2C[C@@H]1O. The van der Waals surface area contributed by atoms with Gasteiger partial charge in [-0.2, -0.15) is 0 Å². The van der Waals surface area contributed by atoms with Crippen molar-refractivity contribution in [3.8, 4) is 0 Å². The number of aliphatic hydroxyl groups excluding tert-OH is 1. The van der Waals surface area contributed by atoms with Gasteiger partial charge >= 0.3 is 6.03 Å². The second kappa shape index (κ2) is 4.94. The summed E-state index contributed by atoms with van der Waals surface area (Å²) < 4.78 is 3.66. The molecular weight excluding hydrogens is 264 g/mol. The minimum Gasteiger partial charge on any atom is -0.390 e. The zero-order valence-electron chi connectivity index (χ0n) is 9.91. The zero-order valence-corrected chi connectivity index (χ0v) is 10.7. The van der Waals surface area contributed by atoms with E-state index in [0.717, 1.165) is 22.7 Å². The predicted molar refractivity (Wildman–Crippen MR) is 71.0 cm³/mol. The average molecular weight is 276 g/mol. The van der Waals surface area contributed by atoms with E-state index in [2.05, 4.69) is 20.2 Å². The van der Waals surface area contributed by atoms with Crippen molar-refractivity contribution in [2.75, 3.05) is 5.32 Å². The number of carbonyl (C=O) groups is 1. The Morgan fingerprint density at radius 1 is 1.42 bits per heavy atom. The largest absolute Gasteiger partial charge is 0.390 e. The molecule has 0 fully saturated rings. The number of amides is 2. The molecule has 3 N–H and O–H groups in total. The van der Waals surface area contributed by atoms with Gasteiger partial charge < -0.3 is 10.4 Å². The highest BCUT2D eigenvalue weighted by Gasteiger charge is 2.31. The molecule has 7 heteroatoms. The summed E-state index contributed by atoms with van der Waals surface area (Å²) in [5.41, 5.74) is 2.03. The molecule has 0 aliphatic heterocycles. The lowest BCUT2D eigenvalue weighted by Crippen LogP contribution is -2.36. The summed E-state index contributed by atoms with van der Waals surface area (Å²) in [6, 6.07) is 6.97. The lowest BCUT2D eigenvalue weighted by atomic mass is 10.1. The van der Waals surface area contributed by atoms with Gasteiger partial charge in [-0.1, -0.05) is 28.8 Å². The maximum Gasteiger partial charge on any atom is 0.320 e. The van der Waals surface area contributed by atoms with E-state index in [-0.39, 0.29) is 12.1 Å². The van der Waals surface area contributed by atoms with Gasteiger partial charge in [0.1, 0.15) is 5.00 Å². The topological polar surface area (TPSA) is 87.1 Å². The van der Waals surface area contributed by atoms with Gasteiger partial charge in [0.05, 0.1) is 18.3 Å². The first-order valence-electron chi connectivity index (χ1n) is 5.85.